The first-order valence-electron chi connectivity index (χ1n) is 5.38. The molecule has 1 fully saturated rings. The molecule has 0 saturated carbocycles. The molecule has 1 unspecified atom stereocenters. The van der Waals surface area contributed by atoms with Crippen molar-refractivity contribution in [3.8, 4) is 0 Å². The second kappa shape index (κ2) is 6.27. The second-order valence-electron chi connectivity index (χ2n) is 3.84. The minimum Gasteiger partial charge on any atom is -0.466 e. The van der Waals surface area contributed by atoms with E-state index < -0.39 is 0 Å². The molecule has 1 saturated heterocycles. The van der Waals surface area contributed by atoms with Gasteiger partial charge in [-0.25, -0.2) is 4.79 Å². The molecule has 1 rings (SSSR count). The van der Waals surface area contributed by atoms with Gasteiger partial charge >= 0.3 is 5.97 Å². The molecule has 0 aromatic carbocycles. The molecule has 0 radical (unpaired) electrons. The van der Waals surface area contributed by atoms with E-state index in [2.05, 4.69) is 15.4 Å². The maximum atomic E-state index is 11.0. The molecule has 1 aliphatic heterocycles. The Kier molecular flexibility index (Phi) is 4.98. The van der Waals surface area contributed by atoms with Crippen LogP contribution in [0.1, 0.15) is 19.8 Å². The van der Waals surface area contributed by atoms with Crippen LogP contribution in [0.15, 0.2) is 11.6 Å². The molecule has 16 heavy (non-hydrogen) atoms. The number of methoxy groups -OCH3 is 1. The molecular formula is C11H18N2O3. The highest BCUT2D eigenvalue weighted by Gasteiger charge is 2.19. The average Bonchev–Trinajstić information content (AvgIpc) is 2.69. The van der Waals surface area contributed by atoms with Gasteiger partial charge in [0.05, 0.1) is 7.11 Å². The van der Waals surface area contributed by atoms with Crippen LogP contribution < -0.4 is 10.6 Å². The van der Waals surface area contributed by atoms with Crippen LogP contribution in [0.2, 0.25) is 0 Å². The molecule has 0 bridgehead atoms. The van der Waals surface area contributed by atoms with Gasteiger partial charge in [0.15, 0.2) is 0 Å². The van der Waals surface area contributed by atoms with Crippen LogP contribution in [-0.2, 0) is 14.3 Å². The SMILES string of the molecule is COC(=O)C(C)=CCNCC1CCC(=O)N1. The summed E-state index contributed by atoms with van der Waals surface area (Å²) in [7, 11) is 1.36. The highest BCUT2D eigenvalue weighted by molar-refractivity contribution is 5.87. The Morgan fingerprint density at radius 3 is 3.00 bits per heavy atom. The number of ether oxygens (including phenoxy) is 1. The van der Waals surface area contributed by atoms with Crippen LogP contribution in [0, 0.1) is 0 Å². The van der Waals surface area contributed by atoms with E-state index in [9.17, 15) is 9.59 Å². The van der Waals surface area contributed by atoms with E-state index >= 15 is 0 Å². The fourth-order valence-corrected chi connectivity index (χ4v) is 1.56. The highest BCUT2D eigenvalue weighted by Crippen LogP contribution is 2.04. The quantitative estimate of drug-likeness (QED) is 0.392. The van der Waals surface area contributed by atoms with Crippen molar-refractivity contribution >= 4 is 11.9 Å². The van der Waals surface area contributed by atoms with E-state index in [4.69, 9.17) is 0 Å². The molecule has 5 heteroatoms. The van der Waals surface area contributed by atoms with Gasteiger partial charge < -0.3 is 15.4 Å². The minimum absolute atomic E-state index is 0.119. The Morgan fingerprint density at radius 1 is 1.69 bits per heavy atom. The molecule has 0 aliphatic carbocycles. The van der Waals surface area contributed by atoms with Gasteiger partial charge in [-0.05, 0) is 13.3 Å². The number of carbonyl (C=O) groups excluding carboxylic acids is 2. The number of carbonyl (C=O) groups is 2. The number of hydrogen-bond donors (Lipinski definition) is 2. The van der Waals surface area contributed by atoms with Gasteiger partial charge in [-0.3, -0.25) is 4.79 Å². The van der Waals surface area contributed by atoms with Crippen molar-refractivity contribution in [3.63, 3.8) is 0 Å². The zero-order valence-electron chi connectivity index (χ0n) is 9.71. The molecule has 1 amide bonds. The van der Waals surface area contributed by atoms with E-state index in [-0.39, 0.29) is 17.9 Å². The standard InChI is InChI=1S/C11H18N2O3/c1-8(11(15)16-2)5-6-12-7-9-3-4-10(14)13-9/h5,9,12H,3-4,6-7H2,1-2H3,(H,13,14). The average molecular weight is 226 g/mol. The molecule has 2 N–H and O–H groups in total. The van der Waals surface area contributed by atoms with Gasteiger partial charge in [0.2, 0.25) is 5.91 Å². The van der Waals surface area contributed by atoms with Crippen LogP contribution in [0.25, 0.3) is 0 Å². The first kappa shape index (κ1) is 12.7. The van der Waals surface area contributed by atoms with Crippen molar-refractivity contribution in [2.45, 2.75) is 25.8 Å². The Balaban J connectivity index is 2.16. The van der Waals surface area contributed by atoms with Gasteiger partial charge in [0.1, 0.15) is 0 Å². The molecule has 1 atom stereocenters. The lowest BCUT2D eigenvalue weighted by molar-refractivity contribution is -0.136. The summed E-state index contributed by atoms with van der Waals surface area (Å²) in [5.41, 5.74) is 0.588. The van der Waals surface area contributed by atoms with Gasteiger partial charge in [-0.1, -0.05) is 6.08 Å². The molecule has 0 aromatic heterocycles. The Morgan fingerprint density at radius 2 is 2.44 bits per heavy atom. The molecule has 5 nitrogen and oxygen atoms in total. The largest absolute Gasteiger partial charge is 0.466 e. The van der Waals surface area contributed by atoms with Crippen molar-refractivity contribution in [1.82, 2.24) is 10.6 Å². The lowest BCUT2D eigenvalue weighted by Gasteiger charge is -2.09. The van der Waals surface area contributed by atoms with E-state index in [0.29, 0.717) is 18.5 Å². The number of amides is 1. The van der Waals surface area contributed by atoms with E-state index in [1.165, 1.54) is 7.11 Å². The number of nitrogens with one attached hydrogen (secondary N) is 2. The Hall–Kier alpha value is -1.36. The van der Waals surface area contributed by atoms with Crippen molar-refractivity contribution in [2.24, 2.45) is 0 Å². The maximum Gasteiger partial charge on any atom is 0.333 e. The lowest BCUT2D eigenvalue weighted by Crippen LogP contribution is -2.35. The molecule has 0 spiro atoms. The molecule has 1 aliphatic rings. The summed E-state index contributed by atoms with van der Waals surface area (Å²) in [4.78, 5) is 21.9. The van der Waals surface area contributed by atoms with E-state index in [1.54, 1.807) is 13.0 Å². The zero-order chi connectivity index (χ0) is 12.0. The molecule has 1 heterocycles. The van der Waals surface area contributed by atoms with Gasteiger partial charge in [-0.2, -0.15) is 0 Å². The topological polar surface area (TPSA) is 67.4 Å². The van der Waals surface area contributed by atoms with Gasteiger partial charge in [0, 0.05) is 31.1 Å². The number of rotatable bonds is 5. The lowest BCUT2D eigenvalue weighted by atomic mass is 10.2. The molecule has 0 aromatic rings. The van der Waals surface area contributed by atoms with Gasteiger partial charge in [0.25, 0.3) is 0 Å². The summed E-state index contributed by atoms with van der Waals surface area (Å²) in [6.07, 6.45) is 3.28. The first-order chi connectivity index (χ1) is 7.63. The third-order valence-corrected chi connectivity index (χ3v) is 2.54. The van der Waals surface area contributed by atoms with Crippen molar-refractivity contribution in [2.75, 3.05) is 20.2 Å². The van der Waals surface area contributed by atoms with Crippen LogP contribution in [-0.4, -0.2) is 38.1 Å². The fraction of sp³-hybridized carbons (Fsp3) is 0.636. The summed E-state index contributed by atoms with van der Waals surface area (Å²) < 4.78 is 4.56. The summed E-state index contributed by atoms with van der Waals surface area (Å²) in [6.45, 7) is 3.05. The Labute approximate surface area is 95.2 Å². The highest BCUT2D eigenvalue weighted by atomic mass is 16.5. The monoisotopic (exact) mass is 226 g/mol. The Bertz CT molecular complexity index is 300. The summed E-state index contributed by atoms with van der Waals surface area (Å²) in [6, 6.07) is 0.222. The van der Waals surface area contributed by atoms with Crippen LogP contribution in [0.5, 0.6) is 0 Å². The minimum atomic E-state index is -0.309. The maximum absolute atomic E-state index is 11.0. The normalized spacial score (nSPS) is 20.8. The molecule has 90 valence electrons. The third kappa shape index (κ3) is 4.02. The van der Waals surface area contributed by atoms with Gasteiger partial charge in [-0.15, -0.1) is 0 Å². The predicted molar refractivity (Wildman–Crippen MR) is 59.8 cm³/mol. The van der Waals surface area contributed by atoms with Crippen molar-refractivity contribution in [1.29, 1.82) is 0 Å². The summed E-state index contributed by atoms with van der Waals surface area (Å²) >= 11 is 0. The molecular weight excluding hydrogens is 208 g/mol. The number of esters is 1. The van der Waals surface area contributed by atoms with Crippen LogP contribution in [0.4, 0.5) is 0 Å². The zero-order valence-corrected chi connectivity index (χ0v) is 9.71. The van der Waals surface area contributed by atoms with Crippen molar-refractivity contribution < 1.29 is 14.3 Å². The van der Waals surface area contributed by atoms with E-state index in [1.807, 2.05) is 0 Å². The first-order valence-corrected chi connectivity index (χ1v) is 5.38. The fourth-order valence-electron chi connectivity index (χ4n) is 1.56. The van der Waals surface area contributed by atoms with Crippen molar-refractivity contribution in [3.05, 3.63) is 11.6 Å². The van der Waals surface area contributed by atoms with Crippen LogP contribution in [0.3, 0.4) is 0 Å². The van der Waals surface area contributed by atoms with E-state index in [0.717, 1.165) is 13.0 Å². The third-order valence-electron chi connectivity index (χ3n) is 2.54. The summed E-state index contributed by atoms with van der Waals surface area (Å²) in [5.74, 6) is -0.191. The summed E-state index contributed by atoms with van der Waals surface area (Å²) in [5, 5.41) is 6.02. The number of hydrogen-bond acceptors (Lipinski definition) is 4. The predicted octanol–water partition coefficient (Wildman–Crippen LogP) is -0.0261. The van der Waals surface area contributed by atoms with Crippen LogP contribution >= 0.6 is 0 Å². The smallest absolute Gasteiger partial charge is 0.333 e. The second-order valence-corrected chi connectivity index (χ2v) is 3.84.